The molecule has 1 aliphatic rings. The number of hydrogen-bond donors (Lipinski definition) is 2. The van der Waals surface area contributed by atoms with Crippen molar-refractivity contribution in [3.63, 3.8) is 0 Å². The molecule has 0 spiro atoms. The highest BCUT2D eigenvalue weighted by atomic mass is 32.2. The van der Waals surface area contributed by atoms with Crippen molar-refractivity contribution in [1.29, 1.82) is 0 Å². The van der Waals surface area contributed by atoms with Crippen LogP contribution >= 0.6 is 11.8 Å². The lowest BCUT2D eigenvalue weighted by Gasteiger charge is -2.21. The van der Waals surface area contributed by atoms with Gasteiger partial charge in [0.2, 0.25) is 5.91 Å². The molecule has 3 nitrogen and oxygen atoms in total. The average molecular weight is 231 g/mol. The number of hydrogen-bond acceptors (Lipinski definition) is 3. The van der Waals surface area contributed by atoms with Gasteiger partial charge >= 0.3 is 0 Å². The minimum Gasteiger partial charge on any atom is -0.393 e. The van der Waals surface area contributed by atoms with Crippen molar-refractivity contribution in [2.24, 2.45) is 5.92 Å². The number of rotatable bonds is 5. The van der Waals surface area contributed by atoms with Crippen molar-refractivity contribution < 1.29 is 9.90 Å². The molecule has 1 rings (SSSR count). The third-order valence-electron chi connectivity index (χ3n) is 2.72. The molecule has 0 aromatic carbocycles. The molecule has 4 heteroatoms. The molecule has 0 aromatic heterocycles. The maximum absolute atomic E-state index is 11.4. The molecule has 0 aliphatic carbocycles. The van der Waals surface area contributed by atoms with Crippen LogP contribution in [0.3, 0.4) is 0 Å². The van der Waals surface area contributed by atoms with Gasteiger partial charge in [-0.15, -0.1) is 0 Å². The van der Waals surface area contributed by atoms with Gasteiger partial charge in [0.05, 0.1) is 6.10 Å². The molecule has 0 radical (unpaired) electrons. The van der Waals surface area contributed by atoms with Crippen LogP contribution in [0, 0.1) is 5.92 Å². The van der Waals surface area contributed by atoms with E-state index >= 15 is 0 Å². The monoisotopic (exact) mass is 231 g/mol. The van der Waals surface area contributed by atoms with Gasteiger partial charge in [0.15, 0.2) is 0 Å². The van der Waals surface area contributed by atoms with E-state index < -0.39 is 0 Å². The molecule has 1 fully saturated rings. The summed E-state index contributed by atoms with van der Waals surface area (Å²) in [6.45, 7) is 2.53. The molecule has 1 atom stereocenters. The SMILES string of the molecule is CC(O)CCC(=O)NCC1CCSCC1. The highest BCUT2D eigenvalue weighted by Crippen LogP contribution is 2.21. The summed E-state index contributed by atoms with van der Waals surface area (Å²) in [6, 6.07) is 0. The van der Waals surface area contributed by atoms with Crippen molar-refractivity contribution >= 4 is 17.7 Å². The minimum absolute atomic E-state index is 0.0779. The molecule has 88 valence electrons. The first-order valence-corrected chi connectivity index (χ1v) is 6.86. The standard InChI is InChI=1S/C11H21NO2S/c1-9(13)2-3-11(14)12-8-10-4-6-15-7-5-10/h9-10,13H,2-8H2,1H3,(H,12,14). The van der Waals surface area contributed by atoms with E-state index in [-0.39, 0.29) is 12.0 Å². The van der Waals surface area contributed by atoms with Crippen LogP contribution in [0.15, 0.2) is 0 Å². The Morgan fingerprint density at radius 2 is 2.20 bits per heavy atom. The number of aliphatic hydroxyl groups is 1. The lowest BCUT2D eigenvalue weighted by molar-refractivity contribution is -0.121. The fraction of sp³-hybridized carbons (Fsp3) is 0.909. The number of aliphatic hydroxyl groups excluding tert-OH is 1. The molecule has 0 saturated carbocycles. The summed E-state index contributed by atoms with van der Waals surface area (Å²) >= 11 is 2.00. The Morgan fingerprint density at radius 1 is 1.53 bits per heavy atom. The molecule has 1 aliphatic heterocycles. The summed E-state index contributed by atoms with van der Waals surface area (Å²) in [5, 5.41) is 12.0. The average Bonchev–Trinajstić information content (AvgIpc) is 2.25. The highest BCUT2D eigenvalue weighted by molar-refractivity contribution is 7.99. The lowest BCUT2D eigenvalue weighted by Crippen LogP contribution is -2.31. The lowest BCUT2D eigenvalue weighted by atomic mass is 10.0. The zero-order valence-electron chi connectivity index (χ0n) is 9.37. The third kappa shape index (κ3) is 6.05. The van der Waals surface area contributed by atoms with E-state index in [1.165, 1.54) is 24.3 Å². The van der Waals surface area contributed by atoms with Gasteiger partial charge in [0.1, 0.15) is 0 Å². The second-order valence-electron chi connectivity index (χ2n) is 4.25. The van der Waals surface area contributed by atoms with Crippen LogP contribution in [0.1, 0.15) is 32.6 Å². The zero-order valence-corrected chi connectivity index (χ0v) is 10.2. The first-order valence-electron chi connectivity index (χ1n) is 5.71. The summed E-state index contributed by atoms with van der Waals surface area (Å²) < 4.78 is 0. The molecule has 1 heterocycles. The van der Waals surface area contributed by atoms with Crippen LogP contribution in [-0.4, -0.2) is 35.2 Å². The van der Waals surface area contributed by atoms with Crippen LogP contribution in [0.4, 0.5) is 0 Å². The van der Waals surface area contributed by atoms with E-state index in [2.05, 4.69) is 5.32 Å². The number of amides is 1. The second kappa shape index (κ2) is 7.12. The van der Waals surface area contributed by atoms with E-state index in [0.29, 0.717) is 18.8 Å². The highest BCUT2D eigenvalue weighted by Gasteiger charge is 2.14. The van der Waals surface area contributed by atoms with E-state index in [1.54, 1.807) is 6.92 Å². The Balaban J connectivity index is 2.05. The Labute approximate surface area is 96.0 Å². The molecule has 0 aromatic rings. The van der Waals surface area contributed by atoms with Gasteiger partial charge in [-0.25, -0.2) is 0 Å². The van der Waals surface area contributed by atoms with E-state index in [4.69, 9.17) is 5.11 Å². The van der Waals surface area contributed by atoms with Crippen LogP contribution in [-0.2, 0) is 4.79 Å². The largest absolute Gasteiger partial charge is 0.393 e. The molecule has 2 N–H and O–H groups in total. The van der Waals surface area contributed by atoms with Crippen LogP contribution < -0.4 is 5.32 Å². The smallest absolute Gasteiger partial charge is 0.220 e. The topological polar surface area (TPSA) is 49.3 Å². The van der Waals surface area contributed by atoms with Gasteiger partial charge in [-0.05, 0) is 43.6 Å². The fourth-order valence-electron chi connectivity index (χ4n) is 1.64. The predicted octanol–water partition coefficient (Wildman–Crippen LogP) is 1.41. The van der Waals surface area contributed by atoms with Crippen molar-refractivity contribution in [3.8, 4) is 0 Å². The summed E-state index contributed by atoms with van der Waals surface area (Å²) in [4.78, 5) is 11.4. The number of nitrogens with one attached hydrogen (secondary N) is 1. The predicted molar refractivity (Wildman–Crippen MR) is 64.0 cm³/mol. The number of thioether (sulfide) groups is 1. The van der Waals surface area contributed by atoms with Crippen molar-refractivity contribution in [2.75, 3.05) is 18.1 Å². The molecule has 1 unspecified atom stereocenters. The molecular formula is C11H21NO2S. The molecule has 15 heavy (non-hydrogen) atoms. The number of carbonyl (C=O) groups excluding carboxylic acids is 1. The number of carbonyl (C=O) groups is 1. The first kappa shape index (κ1) is 12.8. The van der Waals surface area contributed by atoms with Crippen molar-refractivity contribution in [1.82, 2.24) is 5.32 Å². The molecule has 1 saturated heterocycles. The molecule has 1 amide bonds. The Kier molecular flexibility index (Phi) is 6.10. The minimum atomic E-state index is -0.373. The van der Waals surface area contributed by atoms with Gasteiger partial charge in [-0.1, -0.05) is 0 Å². The van der Waals surface area contributed by atoms with E-state index in [9.17, 15) is 4.79 Å². The molecule has 0 bridgehead atoms. The summed E-state index contributed by atoms with van der Waals surface area (Å²) in [5.41, 5.74) is 0. The third-order valence-corrected chi connectivity index (χ3v) is 3.77. The van der Waals surface area contributed by atoms with Crippen LogP contribution in [0.5, 0.6) is 0 Å². The Morgan fingerprint density at radius 3 is 2.80 bits per heavy atom. The van der Waals surface area contributed by atoms with Gasteiger partial charge in [0, 0.05) is 13.0 Å². The Bertz CT molecular complexity index is 191. The maximum Gasteiger partial charge on any atom is 0.220 e. The van der Waals surface area contributed by atoms with E-state index in [1.807, 2.05) is 11.8 Å². The zero-order chi connectivity index (χ0) is 11.1. The molecular weight excluding hydrogens is 210 g/mol. The maximum atomic E-state index is 11.4. The van der Waals surface area contributed by atoms with Gasteiger partial charge in [-0.3, -0.25) is 4.79 Å². The normalized spacial score (nSPS) is 19.9. The van der Waals surface area contributed by atoms with Crippen molar-refractivity contribution in [3.05, 3.63) is 0 Å². The summed E-state index contributed by atoms with van der Waals surface area (Å²) in [6.07, 6.45) is 3.08. The summed E-state index contributed by atoms with van der Waals surface area (Å²) in [7, 11) is 0. The summed E-state index contributed by atoms with van der Waals surface area (Å²) in [5.74, 6) is 3.21. The van der Waals surface area contributed by atoms with Crippen LogP contribution in [0.2, 0.25) is 0 Å². The first-order chi connectivity index (χ1) is 7.18. The Hall–Kier alpha value is -0.220. The van der Waals surface area contributed by atoms with Gasteiger partial charge in [-0.2, -0.15) is 11.8 Å². The van der Waals surface area contributed by atoms with Crippen molar-refractivity contribution in [2.45, 2.75) is 38.7 Å². The fourth-order valence-corrected chi connectivity index (χ4v) is 2.84. The van der Waals surface area contributed by atoms with Gasteiger partial charge in [0.25, 0.3) is 0 Å². The van der Waals surface area contributed by atoms with Crippen LogP contribution in [0.25, 0.3) is 0 Å². The van der Waals surface area contributed by atoms with E-state index in [0.717, 1.165) is 6.54 Å². The quantitative estimate of drug-likeness (QED) is 0.752. The van der Waals surface area contributed by atoms with Gasteiger partial charge < -0.3 is 10.4 Å². The second-order valence-corrected chi connectivity index (χ2v) is 5.47.